The van der Waals surface area contributed by atoms with E-state index < -0.39 is 0 Å². The maximum Gasteiger partial charge on any atom is 0.0641 e. The lowest BCUT2D eigenvalue weighted by Gasteiger charge is -2.24. The molecule has 0 aromatic heterocycles. The number of benzene rings is 1. The van der Waals surface area contributed by atoms with Crippen molar-refractivity contribution in [3.05, 3.63) is 33.9 Å². The van der Waals surface area contributed by atoms with Crippen LogP contribution in [0.25, 0.3) is 0 Å². The van der Waals surface area contributed by atoms with E-state index in [4.69, 9.17) is 11.6 Å². The summed E-state index contributed by atoms with van der Waals surface area (Å²) >= 11 is 6.66. The van der Waals surface area contributed by atoms with E-state index in [0.717, 1.165) is 0 Å². The van der Waals surface area contributed by atoms with Gasteiger partial charge in [-0.05, 0) is 75.3 Å². The number of halogens is 1. The third-order valence-electron chi connectivity index (χ3n) is 7.27. The molecule has 0 spiro atoms. The monoisotopic (exact) mass is 448 g/mol. The van der Waals surface area contributed by atoms with Crippen LogP contribution in [0.2, 0.25) is 0 Å². The zero-order chi connectivity index (χ0) is 23.1. The number of alkyl halides is 1. The first-order valence-electron chi connectivity index (χ1n) is 13.6. The third kappa shape index (κ3) is 11.8. The molecule has 0 N–H and O–H groups in total. The van der Waals surface area contributed by atoms with Crippen molar-refractivity contribution in [2.75, 3.05) is 0 Å². The molecule has 0 fully saturated rings. The Kier molecular flexibility index (Phi) is 14.9. The van der Waals surface area contributed by atoms with Crippen LogP contribution in [0.4, 0.5) is 0 Å². The first kappa shape index (κ1) is 28.5. The summed E-state index contributed by atoms with van der Waals surface area (Å²) in [6, 6.07) is 2.38. The highest BCUT2D eigenvalue weighted by molar-refractivity contribution is 6.23. The van der Waals surface area contributed by atoms with Gasteiger partial charge in [0, 0.05) is 0 Å². The summed E-state index contributed by atoms with van der Waals surface area (Å²) in [7, 11) is 0. The van der Waals surface area contributed by atoms with Crippen LogP contribution in [0.15, 0.2) is 6.07 Å². The first-order valence-corrected chi connectivity index (χ1v) is 14.0. The van der Waals surface area contributed by atoms with E-state index in [9.17, 15) is 0 Å². The van der Waals surface area contributed by atoms with Crippen molar-refractivity contribution in [2.24, 2.45) is 0 Å². The van der Waals surface area contributed by atoms with E-state index in [1.165, 1.54) is 137 Å². The zero-order valence-electron chi connectivity index (χ0n) is 22.0. The zero-order valence-corrected chi connectivity index (χ0v) is 22.7. The van der Waals surface area contributed by atoms with Gasteiger partial charge in [-0.2, -0.15) is 0 Å². The minimum Gasteiger partial charge on any atom is -0.115 e. The molecule has 1 aromatic rings. The van der Waals surface area contributed by atoms with Gasteiger partial charge in [0.25, 0.3) is 0 Å². The van der Waals surface area contributed by atoms with Crippen LogP contribution in [0.5, 0.6) is 0 Å². The highest BCUT2D eigenvalue weighted by atomic mass is 35.5. The Balaban J connectivity index is 2.08. The summed E-state index contributed by atoms with van der Waals surface area (Å²) in [6.45, 7) is 13.3. The molecule has 1 aromatic carbocycles. The highest BCUT2D eigenvalue weighted by Crippen LogP contribution is 2.34. The fourth-order valence-corrected chi connectivity index (χ4v) is 5.05. The molecule has 1 rings (SSSR count). The van der Waals surface area contributed by atoms with E-state index in [-0.39, 0.29) is 4.87 Å². The average molecular weight is 449 g/mol. The highest BCUT2D eigenvalue weighted by Gasteiger charge is 2.21. The third-order valence-corrected chi connectivity index (χ3v) is 7.47. The molecule has 0 atom stereocenters. The van der Waals surface area contributed by atoms with Crippen LogP contribution in [0.3, 0.4) is 0 Å². The van der Waals surface area contributed by atoms with Gasteiger partial charge in [0.2, 0.25) is 0 Å². The smallest absolute Gasteiger partial charge is 0.0641 e. The SMILES string of the molecule is CCCCCCCCCCCCCCCCCCc1cc(C(C)(C)Cl)c(C)c(C)c1C. The van der Waals surface area contributed by atoms with E-state index in [1.807, 2.05) is 0 Å². The molecule has 0 amide bonds. The van der Waals surface area contributed by atoms with E-state index in [2.05, 4.69) is 47.6 Å². The van der Waals surface area contributed by atoms with Gasteiger partial charge in [0.05, 0.1) is 4.87 Å². The van der Waals surface area contributed by atoms with Crippen molar-refractivity contribution < 1.29 is 0 Å². The lowest BCUT2D eigenvalue weighted by atomic mass is 9.87. The Hall–Kier alpha value is -0.490. The topological polar surface area (TPSA) is 0 Å². The second kappa shape index (κ2) is 16.2. The number of aryl methyl sites for hydroxylation is 1. The van der Waals surface area contributed by atoms with Crippen molar-refractivity contribution in [1.82, 2.24) is 0 Å². The van der Waals surface area contributed by atoms with Crippen LogP contribution >= 0.6 is 11.6 Å². The summed E-state index contributed by atoms with van der Waals surface area (Å²) in [5.74, 6) is 0. The van der Waals surface area contributed by atoms with E-state index in [0.29, 0.717) is 0 Å². The Morgan fingerprint density at radius 1 is 0.581 bits per heavy atom. The van der Waals surface area contributed by atoms with Crippen LogP contribution in [0, 0.1) is 20.8 Å². The quantitative estimate of drug-likeness (QED) is 0.154. The van der Waals surface area contributed by atoms with Crippen molar-refractivity contribution in [2.45, 2.75) is 156 Å². The fraction of sp³-hybridized carbons (Fsp3) is 0.800. The maximum absolute atomic E-state index is 6.66. The molecule has 0 aliphatic rings. The lowest BCUT2D eigenvalue weighted by molar-refractivity contribution is 0.529. The molecule has 0 aliphatic heterocycles. The van der Waals surface area contributed by atoms with Gasteiger partial charge >= 0.3 is 0 Å². The van der Waals surface area contributed by atoms with Crippen LogP contribution in [-0.4, -0.2) is 0 Å². The second-order valence-electron chi connectivity index (χ2n) is 10.5. The normalized spacial score (nSPS) is 12.0. The Morgan fingerprint density at radius 3 is 1.35 bits per heavy atom. The summed E-state index contributed by atoms with van der Waals surface area (Å²) < 4.78 is 0. The summed E-state index contributed by atoms with van der Waals surface area (Å²) in [4.78, 5) is -0.286. The molecule has 0 radical (unpaired) electrons. The van der Waals surface area contributed by atoms with Gasteiger partial charge in [-0.15, -0.1) is 11.6 Å². The lowest BCUT2D eigenvalue weighted by Crippen LogP contribution is -2.13. The average Bonchev–Trinajstić information content (AvgIpc) is 2.72. The fourth-order valence-electron chi connectivity index (χ4n) is 4.86. The van der Waals surface area contributed by atoms with Crippen molar-refractivity contribution in [1.29, 1.82) is 0 Å². The second-order valence-corrected chi connectivity index (χ2v) is 11.4. The Bertz CT molecular complexity index is 593. The summed E-state index contributed by atoms with van der Waals surface area (Å²) in [5, 5.41) is 0. The number of hydrogen-bond acceptors (Lipinski definition) is 0. The molecule has 180 valence electrons. The molecule has 1 heteroatoms. The van der Waals surface area contributed by atoms with E-state index >= 15 is 0 Å². The molecule has 0 nitrogen and oxygen atoms in total. The molecule has 0 aliphatic carbocycles. The predicted molar refractivity (Wildman–Crippen MR) is 143 cm³/mol. The van der Waals surface area contributed by atoms with Gasteiger partial charge in [0.15, 0.2) is 0 Å². The molecule has 0 saturated carbocycles. The molecular formula is C30H53Cl. The predicted octanol–water partition coefficient (Wildman–Crippen LogP) is 10.9. The first-order chi connectivity index (χ1) is 14.8. The van der Waals surface area contributed by atoms with Gasteiger partial charge in [-0.3, -0.25) is 0 Å². The number of rotatable bonds is 18. The van der Waals surface area contributed by atoms with Crippen molar-refractivity contribution in [3.63, 3.8) is 0 Å². The van der Waals surface area contributed by atoms with Gasteiger partial charge in [-0.25, -0.2) is 0 Å². The summed E-state index contributed by atoms with van der Waals surface area (Å²) in [6.07, 6.45) is 24.0. The maximum atomic E-state index is 6.66. The standard InChI is InChI=1S/C30H53Cl/c1-7-8-9-10-11-12-13-14-15-16-17-18-19-20-21-22-23-28-24-29(30(5,6)31)27(4)25(2)26(28)3/h24H,7-23H2,1-6H3. The molecule has 0 heterocycles. The van der Waals surface area contributed by atoms with Crippen LogP contribution in [0.1, 0.15) is 151 Å². The minimum atomic E-state index is -0.286. The van der Waals surface area contributed by atoms with Gasteiger partial charge in [-0.1, -0.05) is 109 Å². The summed E-state index contributed by atoms with van der Waals surface area (Å²) in [5.41, 5.74) is 7.09. The van der Waals surface area contributed by atoms with Crippen molar-refractivity contribution in [3.8, 4) is 0 Å². The van der Waals surface area contributed by atoms with Crippen LogP contribution in [-0.2, 0) is 11.3 Å². The molecule has 0 bridgehead atoms. The molecule has 31 heavy (non-hydrogen) atoms. The van der Waals surface area contributed by atoms with Crippen molar-refractivity contribution >= 4 is 11.6 Å². The Morgan fingerprint density at radius 2 is 0.968 bits per heavy atom. The van der Waals surface area contributed by atoms with E-state index in [1.54, 1.807) is 0 Å². The van der Waals surface area contributed by atoms with Gasteiger partial charge in [0.1, 0.15) is 0 Å². The molecular weight excluding hydrogens is 396 g/mol. The Labute approximate surface area is 200 Å². The molecule has 0 saturated heterocycles. The number of hydrogen-bond donors (Lipinski definition) is 0. The largest absolute Gasteiger partial charge is 0.115 e. The van der Waals surface area contributed by atoms with Crippen LogP contribution < -0.4 is 0 Å². The van der Waals surface area contributed by atoms with Gasteiger partial charge < -0.3 is 0 Å². The molecule has 0 unspecified atom stereocenters. The minimum absolute atomic E-state index is 0.286. The number of unbranched alkanes of at least 4 members (excludes halogenated alkanes) is 15.